The highest BCUT2D eigenvalue weighted by molar-refractivity contribution is 7.22. The number of carbonyl (C=O) groups is 3. The van der Waals surface area contributed by atoms with Crippen molar-refractivity contribution in [1.82, 2.24) is 10.3 Å². The van der Waals surface area contributed by atoms with Gasteiger partial charge in [-0.3, -0.25) is 9.59 Å². The highest BCUT2D eigenvalue weighted by Crippen LogP contribution is 2.26. The maximum Gasteiger partial charge on any atom is 0.357 e. The van der Waals surface area contributed by atoms with Crippen molar-refractivity contribution in [2.24, 2.45) is 5.90 Å². The summed E-state index contributed by atoms with van der Waals surface area (Å²) >= 11 is 1.10. The maximum absolute atomic E-state index is 13.1. The molecule has 1 saturated heterocycles. The minimum atomic E-state index is -1.04. The molecular weight excluding hydrogens is 343 g/mol. The highest BCUT2D eigenvalue weighted by atomic mass is 32.1. The number of benzene rings is 1. The summed E-state index contributed by atoms with van der Waals surface area (Å²) in [5.41, 5.74) is 0.551. The largest absolute Gasteiger partial charge is 0.371 e. The molecule has 2 atom stereocenters. The SMILES string of the molecule is NOC(=O)[C@H]1O[C@@H]1C(=O)NCC(=O)Nc1nc2ccc(F)cc2s1. The van der Waals surface area contributed by atoms with Crippen molar-refractivity contribution < 1.29 is 28.3 Å². The standard InChI is InChI=1S/C13H11FN4O5S/c14-5-1-2-6-7(3-5)24-13(17-6)18-8(19)4-16-11(20)9-10(22-9)12(21)23-15/h1-3,9-10H,4,15H2,(H,16,20)(H,17,18,19)/t9-,10-/m0/s1. The predicted molar refractivity (Wildman–Crippen MR) is 80.2 cm³/mol. The fourth-order valence-corrected chi connectivity index (χ4v) is 2.85. The van der Waals surface area contributed by atoms with Crippen LogP contribution in [0.15, 0.2) is 18.2 Å². The second kappa shape index (κ2) is 6.47. The second-order valence-corrected chi connectivity index (χ2v) is 5.84. The Labute approximate surface area is 137 Å². The average Bonchev–Trinajstić information content (AvgIpc) is 3.26. The van der Waals surface area contributed by atoms with Gasteiger partial charge >= 0.3 is 5.97 Å². The van der Waals surface area contributed by atoms with Crippen molar-refractivity contribution in [3.05, 3.63) is 24.0 Å². The number of hydrogen-bond acceptors (Lipinski definition) is 8. The molecule has 11 heteroatoms. The van der Waals surface area contributed by atoms with E-state index in [0.717, 1.165) is 11.3 Å². The number of halogens is 1. The number of hydrogen-bond donors (Lipinski definition) is 3. The van der Waals surface area contributed by atoms with E-state index >= 15 is 0 Å². The zero-order chi connectivity index (χ0) is 17.3. The zero-order valence-electron chi connectivity index (χ0n) is 11.9. The van der Waals surface area contributed by atoms with Gasteiger partial charge in [-0.05, 0) is 18.2 Å². The molecule has 0 spiro atoms. The zero-order valence-corrected chi connectivity index (χ0v) is 12.8. The number of nitrogens with zero attached hydrogens (tertiary/aromatic N) is 1. The van der Waals surface area contributed by atoms with Crippen LogP contribution in [0.1, 0.15) is 0 Å². The third kappa shape index (κ3) is 3.48. The second-order valence-electron chi connectivity index (χ2n) is 4.81. The number of carbonyl (C=O) groups excluding carboxylic acids is 3. The minimum absolute atomic E-state index is 0.280. The Morgan fingerprint density at radius 1 is 1.38 bits per heavy atom. The number of nitrogens with one attached hydrogen (secondary N) is 2. The van der Waals surface area contributed by atoms with Crippen LogP contribution in [-0.4, -0.2) is 41.5 Å². The summed E-state index contributed by atoms with van der Waals surface area (Å²) in [5.74, 6) is 2.25. The molecule has 1 aromatic carbocycles. The van der Waals surface area contributed by atoms with Crippen molar-refractivity contribution in [2.45, 2.75) is 12.2 Å². The number of thiazole rings is 1. The van der Waals surface area contributed by atoms with E-state index in [1.807, 2.05) is 0 Å². The molecule has 0 unspecified atom stereocenters. The van der Waals surface area contributed by atoms with E-state index in [0.29, 0.717) is 10.2 Å². The lowest BCUT2D eigenvalue weighted by atomic mass is 10.3. The number of nitrogens with two attached hydrogens (primary N) is 1. The number of anilines is 1. The lowest BCUT2D eigenvalue weighted by molar-refractivity contribution is -0.145. The van der Waals surface area contributed by atoms with Gasteiger partial charge in [-0.2, -0.15) is 5.90 Å². The fraction of sp³-hybridized carbons (Fsp3) is 0.231. The van der Waals surface area contributed by atoms with Gasteiger partial charge in [-0.1, -0.05) is 11.3 Å². The van der Waals surface area contributed by atoms with Crippen molar-refractivity contribution in [3.63, 3.8) is 0 Å². The van der Waals surface area contributed by atoms with Gasteiger partial charge in [-0.15, -0.1) is 0 Å². The van der Waals surface area contributed by atoms with Gasteiger partial charge in [0, 0.05) is 0 Å². The van der Waals surface area contributed by atoms with Crippen LogP contribution in [0.2, 0.25) is 0 Å². The molecule has 9 nitrogen and oxygen atoms in total. The summed E-state index contributed by atoms with van der Waals surface area (Å²) in [5, 5.41) is 5.08. The first kappa shape index (κ1) is 16.2. The van der Waals surface area contributed by atoms with E-state index in [1.54, 1.807) is 0 Å². The first-order valence-corrected chi connectivity index (χ1v) is 7.49. The first-order valence-electron chi connectivity index (χ1n) is 6.67. The molecule has 3 rings (SSSR count). The summed E-state index contributed by atoms with van der Waals surface area (Å²) in [6.07, 6.45) is -2.06. The molecule has 24 heavy (non-hydrogen) atoms. The van der Waals surface area contributed by atoms with Gasteiger partial charge in [0.2, 0.25) is 5.91 Å². The Bertz CT molecular complexity index is 826. The van der Waals surface area contributed by atoms with E-state index in [1.165, 1.54) is 18.2 Å². The summed E-state index contributed by atoms with van der Waals surface area (Å²) < 4.78 is 18.5. The molecule has 1 aliphatic rings. The molecule has 2 aromatic rings. The fourth-order valence-electron chi connectivity index (χ4n) is 1.94. The van der Waals surface area contributed by atoms with Gasteiger partial charge in [-0.25, -0.2) is 14.2 Å². The minimum Gasteiger partial charge on any atom is -0.371 e. The molecule has 1 aliphatic heterocycles. The van der Waals surface area contributed by atoms with E-state index in [9.17, 15) is 18.8 Å². The smallest absolute Gasteiger partial charge is 0.357 e. The Kier molecular flexibility index (Phi) is 4.38. The molecule has 2 amide bonds. The van der Waals surface area contributed by atoms with Crippen molar-refractivity contribution in [1.29, 1.82) is 0 Å². The topological polar surface area (TPSA) is 136 Å². The van der Waals surface area contributed by atoms with Crippen LogP contribution >= 0.6 is 11.3 Å². The van der Waals surface area contributed by atoms with Crippen molar-refractivity contribution in [2.75, 3.05) is 11.9 Å². The lowest BCUT2D eigenvalue weighted by Crippen LogP contribution is -2.37. The third-order valence-electron chi connectivity index (χ3n) is 3.12. The molecular formula is C13H11FN4O5S. The van der Waals surface area contributed by atoms with Crippen LogP contribution in [0.5, 0.6) is 0 Å². The lowest BCUT2D eigenvalue weighted by Gasteiger charge is -2.02. The molecule has 0 aliphatic carbocycles. The van der Waals surface area contributed by atoms with Crippen LogP contribution in [-0.2, 0) is 24.0 Å². The average molecular weight is 354 g/mol. The van der Waals surface area contributed by atoms with E-state index in [4.69, 9.17) is 4.74 Å². The number of amides is 2. The molecule has 126 valence electrons. The van der Waals surface area contributed by atoms with Crippen LogP contribution in [0.3, 0.4) is 0 Å². The quantitative estimate of drug-likeness (QED) is 0.494. The Morgan fingerprint density at radius 2 is 2.17 bits per heavy atom. The summed E-state index contributed by atoms with van der Waals surface area (Å²) in [6.45, 7) is -0.340. The molecule has 0 radical (unpaired) electrons. The van der Waals surface area contributed by atoms with Crippen molar-refractivity contribution in [3.8, 4) is 0 Å². The number of epoxide rings is 1. The number of ether oxygens (including phenoxy) is 1. The molecule has 2 heterocycles. The van der Waals surface area contributed by atoms with Gasteiger partial charge in [0.15, 0.2) is 17.3 Å². The summed E-state index contributed by atoms with van der Waals surface area (Å²) in [6, 6.07) is 4.08. The van der Waals surface area contributed by atoms with Crippen LogP contribution in [0.4, 0.5) is 9.52 Å². The van der Waals surface area contributed by atoms with Gasteiger partial charge in [0.1, 0.15) is 5.82 Å². The monoisotopic (exact) mass is 354 g/mol. The molecule has 1 fully saturated rings. The van der Waals surface area contributed by atoms with E-state index in [2.05, 4.69) is 26.4 Å². The molecule has 0 saturated carbocycles. The predicted octanol–water partition coefficient (Wildman–Crippen LogP) is -0.326. The third-order valence-corrected chi connectivity index (χ3v) is 4.05. The molecule has 1 aromatic heterocycles. The Morgan fingerprint density at radius 3 is 2.92 bits per heavy atom. The van der Waals surface area contributed by atoms with Crippen LogP contribution < -0.4 is 16.5 Å². The number of aromatic nitrogens is 1. The summed E-state index contributed by atoms with van der Waals surface area (Å²) in [4.78, 5) is 42.5. The Hall–Kier alpha value is -2.63. The van der Waals surface area contributed by atoms with Crippen LogP contribution in [0.25, 0.3) is 10.2 Å². The summed E-state index contributed by atoms with van der Waals surface area (Å²) in [7, 11) is 0. The Balaban J connectivity index is 1.50. The van der Waals surface area contributed by atoms with Gasteiger partial charge < -0.3 is 20.2 Å². The van der Waals surface area contributed by atoms with E-state index in [-0.39, 0.29) is 11.7 Å². The maximum atomic E-state index is 13.1. The first-order chi connectivity index (χ1) is 11.5. The van der Waals surface area contributed by atoms with Gasteiger partial charge in [0.05, 0.1) is 16.8 Å². The van der Waals surface area contributed by atoms with Crippen LogP contribution in [0, 0.1) is 5.82 Å². The number of fused-ring (bicyclic) bond motifs is 1. The highest BCUT2D eigenvalue weighted by Gasteiger charge is 2.51. The van der Waals surface area contributed by atoms with E-state index < -0.39 is 35.8 Å². The molecule has 0 bridgehead atoms. The van der Waals surface area contributed by atoms with Crippen molar-refractivity contribution >= 4 is 44.5 Å². The number of rotatable bonds is 5. The normalized spacial score (nSPS) is 18.9. The van der Waals surface area contributed by atoms with Gasteiger partial charge in [0.25, 0.3) is 5.91 Å². The molecule has 4 N–H and O–H groups in total.